The van der Waals surface area contributed by atoms with Gasteiger partial charge in [0.05, 0.1) is 12.8 Å². The summed E-state index contributed by atoms with van der Waals surface area (Å²) in [5, 5.41) is 14.9. The third-order valence-corrected chi connectivity index (χ3v) is 6.96. The highest BCUT2D eigenvalue weighted by Gasteiger charge is 2.78. The highest BCUT2D eigenvalue weighted by molar-refractivity contribution is 5.81. The number of rotatable bonds is 3. The molecule has 10 heteroatoms. The Morgan fingerprint density at radius 2 is 1.97 bits per heavy atom. The van der Waals surface area contributed by atoms with Crippen molar-refractivity contribution in [2.75, 3.05) is 12.8 Å². The molecule has 1 aliphatic carbocycles. The molecule has 0 spiro atoms. The number of anilines is 1. The molecule has 0 aromatic carbocycles. The van der Waals surface area contributed by atoms with E-state index < -0.39 is 41.1 Å². The van der Waals surface area contributed by atoms with Gasteiger partial charge in [0.25, 0.3) is 0 Å². The van der Waals surface area contributed by atoms with E-state index in [2.05, 4.69) is 30.0 Å². The van der Waals surface area contributed by atoms with Crippen LogP contribution in [-0.2, 0) is 23.7 Å². The molecule has 0 unspecified atom stereocenters. The van der Waals surface area contributed by atoms with Gasteiger partial charge in [-0.1, -0.05) is 13.8 Å². The summed E-state index contributed by atoms with van der Waals surface area (Å²) in [6.07, 6.45) is 0.0736. The first-order valence-corrected chi connectivity index (χ1v) is 10.6. The SMILES string of the molecule is COC(=O)C1([C@]2(C#N)O[C@@H](c3ccc4c(N)ncnn34)[C@@H]3OC(C)(C)O[C@@H]32)CC(C)(C)C1. The number of ether oxygens (including phenoxy) is 4. The van der Waals surface area contributed by atoms with Crippen molar-refractivity contribution >= 4 is 17.3 Å². The fraction of sp³-hybridized carbons (Fsp3) is 0.636. The van der Waals surface area contributed by atoms with Crippen LogP contribution in [0.4, 0.5) is 5.82 Å². The average molecular weight is 441 g/mol. The van der Waals surface area contributed by atoms with E-state index in [0.717, 1.165) is 0 Å². The van der Waals surface area contributed by atoms with Gasteiger partial charge in [0, 0.05) is 0 Å². The third kappa shape index (κ3) is 2.59. The highest BCUT2D eigenvalue weighted by atomic mass is 16.8. The summed E-state index contributed by atoms with van der Waals surface area (Å²) >= 11 is 0. The smallest absolute Gasteiger partial charge is 0.316 e. The summed E-state index contributed by atoms with van der Waals surface area (Å²) in [5.74, 6) is -1.11. The van der Waals surface area contributed by atoms with E-state index >= 15 is 0 Å². The molecule has 4 atom stereocenters. The second-order valence-electron chi connectivity index (χ2n) is 10.2. The molecular formula is C22H27N5O5. The number of fused-ring (bicyclic) bond motifs is 2. The lowest BCUT2D eigenvalue weighted by Crippen LogP contribution is -2.66. The summed E-state index contributed by atoms with van der Waals surface area (Å²) in [6, 6.07) is 5.95. The number of nitrogens with two attached hydrogens (primary N) is 1. The Bertz CT molecular complexity index is 1140. The summed E-state index contributed by atoms with van der Waals surface area (Å²) in [4.78, 5) is 17.2. The average Bonchev–Trinajstić information content (AvgIpc) is 3.35. The molecule has 170 valence electrons. The van der Waals surface area contributed by atoms with Crippen LogP contribution in [0.25, 0.3) is 5.52 Å². The van der Waals surface area contributed by atoms with Crippen LogP contribution in [0.1, 0.15) is 52.3 Å². The van der Waals surface area contributed by atoms with Crippen molar-refractivity contribution in [1.82, 2.24) is 14.6 Å². The van der Waals surface area contributed by atoms with Gasteiger partial charge in [0.15, 0.2) is 17.2 Å². The predicted octanol–water partition coefficient (Wildman–Crippen LogP) is 2.14. The summed E-state index contributed by atoms with van der Waals surface area (Å²) in [6.45, 7) is 7.69. The maximum absolute atomic E-state index is 13.2. The Kier molecular flexibility index (Phi) is 4.23. The minimum Gasteiger partial charge on any atom is -0.468 e. The van der Waals surface area contributed by atoms with Gasteiger partial charge in [-0.25, -0.2) is 9.50 Å². The second-order valence-corrected chi connectivity index (χ2v) is 10.2. The lowest BCUT2D eigenvalue weighted by molar-refractivity contribution is -0.249. The van der Waals surface area contributed by atoms with Crippen LogP contribution in [0.15, 0.2) is 18.5 Å². The van der Waals surface area contributed by atoms with E-state index in [9.17, 15) is 10.1 Å². The fourth-order valence-corrected chi connectivity index (χ4v) is 5.99. The van der Waals surface area contributed by atoms with Gasteiger partial charge in [-0.3, -0.25) is 4.79 Å². The molecular weight excluding hydrogens is 414 g/mol. The van der Waals surface area contributed by atoms with E-state index in [0.29, 0.717) is 29.9 Å². The largest absolute Gasteiger partial charge is 0.468 e. The molecule has 2 saturated heterocycles. The van der Waals surface area contributed by atoms with Gasteiger partial charge in [-0.15, -0.1) is 0 Å². The number of methoxy groups -OCH3 is 1. The van der Waals surface area contributed by atoms with Gasteiger partial charge in [0.2, 0.25) is 0 Å². The van der Waals surface area contributed by atoms with Crippen molar-refractivity contribution in [1.29, 1.82) is 5.26 Å². The molecule has 2 aliphatic heterocycles. The Morgan fingerprint density at radius 3 is 2.59 bits per heavy atom. The molecule has 0 radical (unpaired) electrons. The van der Waals surface area contributed by atoms with E-state index in [1.54, 1.807) is 24.4 Å². The first kappa shape index (κ1) is 21.1. The van der Waals surface area contributed by atoms with Crippen molar-refractivity contribution in [3.05, 3.63) is 24.2 Å². The topological polar surface area (TPSA) is 134 Å². The van der Waals surface area contributed by atoms with Gasteiger partial charge < -0.3 is 24.7 Å². The zero-order valence-electron chi connectivity index (χ0n) is 18.8. The van der Waals surface area contributed by atoms with Crippen LogP contribution < -0.4 is 5.73 Å². The zero-order chi connectivity index (χ0) is 23.1. The number of hydrogen-bond donors (Lipinski definition) is 1. The Balaban J connectivity index is 1.67. The number of nitrogen functional groups attached to an aromatic ring is 1. The maximum Gasteiger partial charge on any atom is 0.316 e. The molecule has 4 heterocycles. The third-order valence-electron chi connectivity index (χ3n) is 6.96. The summed E-state index contributed by atoms with van der Waals surface area (Å²) in [5.41, 5.74) is 4.34. The van der Waals surface area contributed by atoms with Gasteiger partial charge in [-0.2, -0.15) is 10.4 Å². The zero-order valence-corrected chi connectivity index (χ0v) is 18.8. The van der Waals surface area contributed by atoms with Crippen molar-refractivity contribution in [2.24, 2.45) is 10.8 Å². The van der Waals surface area contributed by atoms with Crippen molar-refractivity contribution in [3.63, 3.8) is 0 Å². The standard InChI is InChI=1S/C22H27N5O5/c1-19(2)8-21(9-19,18(28)29-5)22(10-23)16-15(30-20(3,4)32-16)14(31-22)12-6-7-13-17(24)25-11-26-27(12)13/h6-7,11,14-16H,8-9H2,1-5H3,(H2,24,25,26)/t14-,15-,16-,22+/m0/s1. The van der Waals surface area contributed by atoms with Gasteiger partial charge >= 0.3 is 5.97 Å². The number of carbonyl (C=O) groups excluding carboxylic acids is 1. The molecule has 2 aromatic heterocycles. The molecule has 2 aromatic rings. The van der Waals surface area contributed by atoms with Crippen LogP contribution in [-0.4, -0.2) is 51.3 Å². The van der Waals surface area contributed by atoms with E-state index in [4.69, 9.17) is 24.7 Å². The van der Waals surface area contributed by atoms with Crippen molar-refractivity contribution < 1.29 is 23.7 Å². The second kappa shape index (κ2) is 6.41. The normalized spacial score (nSPS) is 33.9. The van der Waals surface area contributed by atoms with Crippen LogP contribution in [0, 0.1) is 22.2 Å². The maximum atomic E-state index is 13.2. The molecule has 1 saturated carbocycles. The number of esters is 1. The van der Waals surface area contributed by atoms with E-state index in [1.807, 2.05) is 6.07 Å². The van der Waals surface area contributed by atoms with Gasteiger partial charge in [0.1, 0.15) is 41.6 Å². The lowest BCUT2D eigenvalue weighted by Gasteiger charge is -2.57. The summed E-state index contributed by atoms with van der Waals surface area (Å²) < 4.78 is 25.8. The van der Waals surface area contributed by atoms with Crippen molar-refractivity contribution in [2.45, 2.75) is 70.2 Å². The molecule has 32 heavy (non-hydrogen) atoms. The Morgan fingerprint density at radius 1 is 1.25 bits per heavy atom. The number of carbonyl (C=O) groups is 1. The van der Waals surface area contributed by atoms with Crippen LogP contribution >= 0.6 is 0 Å². The molecule has 10 nitrogen and oxygen atoms in total. The van der Waals surface area contributed by atoms with Crippen LogP contribution in [0.5, 0.6) is 0 Å². The van der Waals surface area contributed by atoms with E-state index in [-0.39, 0.29) is 5.41 Å². The Hall–Kier alpha value is -2.74. The van der Waals surface area contributed by atoms with Crippen LogP contribution in [0.2, 0.25) is 0 Å². The number of nitrogens with zero attached hydrogens (tertiary/aromatic N) is 4. The Labute approximate surface area is 185 Å². The molecule has 2 N–H and O–H groups in total. The fourth-order valence-electron chi connectivity index (χ4n) is 5.99. The minimum atomic E-state index is -1.60. The first-order chi connectivity index (χ1) is 15.0. The summed E-state index contributed by atoms with van der Waals surface area (Å²) in [7, 11) is 1.33. The van der Waals surface area contributed by atoms with Gasteiger partial charge in [-0.05, 0) is 44.2 Å². The van der Waals surface area contributed by atoms with E-state index in [1.165, 1.54) is 13.4 Å². The quantitative estimate of drug-likeness (QED) is 0.711. The molecule has 3 fully saturated rings. The van der Waals surface area contributed by atoms with Crippen molar-refractivity contribution in [3.8, 4) is 6.07 Å². The number of nitriles is 1. The number of hydrogen-bond acceptors (Lipinski definition) is 9. The number of aromatic nitrogens is 3. The minimum absolute atomic E-state index is 0.145. The van der Waals surface area contributed by atoms with Crippen LogP contribution in [0.3, 0.4) is 0 Å². The predicted molar refractivity (Wildman–Crippen MR) is 111 cm³/mol. The molecule has 0 amide bonds. The first-order valence-electron chi connectivity index (χ1n) is 10.6. The molecule has 5 rings (SSSR count). The monoisotopic (exact) mass is 441 g/mol. The molecule has 3 aliphatic rings. The highest BCUT2D eigenvalue weighted by Crippen LogP contribution is 2.67. The lowest BCUT2D eigenvalue weighted by atomic mass is 9.47. The molecule has 0 bridgehead atoms.